The minimum Gasteiger partial charge on any atom is -0.338 e. The summed E-state index contributed by atoms with van der Waals surface area (Å²) in [4.78, 5) is 23.1. The Bertz CT molecular complexity index is 1260. The first kappa shape index (κ1) is 19.4. The van der Waals surface area contributed by atoms with E-state index in [-0.39, 0.29) is 11.3 Å². The molecule has 0 aliphatic carbocycles. The number of aromatic nitrogens is 4. The zero-order valence-corrected chi connectivity index (χ0v) is 15.7. The molecule has 0 fully saturated rings. The molecule has 30 heavy (non-hydrogen) atoms. The molecule has 9 heteroatoms. The zero-order chi connectivity index (χ0) is 21.3. The fraction of sp³-hybridized carbons (Fsp3) is 0.0952. The molecule has 4 rings (SSSR count). The molecule has 1 aromatic carbocycles. The summed E-state index contributed by atoms with van der Waals surface area (Å²) in [5, 5.41) is 3.05. The molecule has 3 aromatic heterocycles. The fourth-order valence-electron chi connectivity index (χ4n) is 3.11. The molecule has 0 saturated heterocycles. The lowest BCUT2D eigenvalue weighted by molar-refractivity contribution is -0.137. The summed E-state index contributed by atoms with van der Waals surface area (Å²) in [6.45, 7) is 0. The first-order chi connectivity index (χ1) is 14.3. The van der Waals surface area contributed by atoms with Gasteiger partial charge in [0.05, 0.1) is 11.9 Å². The van der Waals surface area contributed by atoms with Crippen LogP contribution in [0.15, 0.2) is 72.0 Å². The number of benzene rings is 1. The summed E-state index contributed by atoms with van der Waals surface area (Å²) in [5.74, 6) is 1.08. The van der Waals surface area contributed by atoms with E-state index in [2.05, 4.69) is 20.3 Å². The number of nitrogens with zero attached hydrogens (tertiary/aromatic N) is 3. The van der Waals surface area contributed by atoms with Crippen LogP contribution in [-0.2, 0) is 13.2 Å². The number of aromatic amines is 1. The van der Waals surface area contributed by atoms with E-state index in [1.54, 1.807) is 35.4 Å². The van der Waals surface area contributed by atoms with Gasteiger partial charge < -0.3 is 14.9 Å². The van der Waals surface area contributed by atoms with Crippen molar-refractivity contribution < 1.29 is 13.2 Å². The molecule has 152 valence electrons. The van der Waals surface area contributed by atoms with E-state index in [1.165, 1.54) is 30.3 Å². The van der Waals surface area contributed by atoms with Gasteiger partial charge in [-0.2, -0.15) is 13.2 Å². The number of halogens is 3. The lowest BCUT2D eigenvalue weighted by Gasteiger charge is -2.13. The minimum absolute atomic E-state index is 0.0847. The molecule has 0 saturated carbocycles. The molecular weight excluding hydrogens is 395 g/mol. The number of rotatable bonds is 4. The van der Waals surface area contributed by atoms with Crippen molar-refractivity contribution in [3.63, 3.8) is 0 Å². The number of hydrogen-bond donors (Lipinski definition) is 2. The van der Waals surface area contributed by atoms with Gasteiger partial charge in [0.1, 0.15) is 11.6 Å². The molecule has 0 amide bonds. The molecule has 3 heterocycles. The average molecular weight is 411 g/mol. The van der Waals surface area contributed by atoms with Crippen LogP contribution in [0.4, 0.5) is 24.8 Å². The molecule has 0 spiro atoms. The number of alkyl halides is 3. The van der Waals surface area contributed by atoms with Crippen LogP contribution >= 0.6 is 0 Å². The van der Waals surface area contributed by atoms with E-state index in [4.69, 9.17) is 0 Å². The summed E-state index contributed by atoms with van der Waals surface area (Å²) in [6, 6.07) is 11.4. The van der Waals surface area contributed by atoms with Crippen molar-refractivity contribution in [3.05, 3.63) is 83.2 Å². The van der Waals surface area contributed by atoms with E-state index in [0.29, 0.717) is 22.8 Å². The van der Waals surface area contributed by atoms with Crippen LogP contribution in [0.1, 0.15) is 5.56 Å². The molecule has 0 radical (unpaired) electrons. The number of pyridine rings is 2. The van der Waals surface area contributed by atoms with Gasteiger partial charge in [0.25, 0.3) is 0 Å². The van der Waals surface area contributed by atoms with Crippen molar-refractivity contribution in [2.24, 2.45) is 7.05 Å². The summed E-state index contributed by atoms with van der Waals surface area (Å²) >= 11 is 0. The van der Waals surface area contributed by atoms with Crippen LogP contribution in [0.2, 0.25) is 0 Å². The van der Waals surface area contributed by atoms with Crippen LogP contribution in [0, 0.1) is 0 Å². The highest BCUT2D eigenvalue weighted by Crippen LogP contribution is 2.36. The Kier molecular flexibility index (Phi) is 4.86. The van der Waals surface area contributed by atoms with Crippen LogP contribution in [0.5, 0.6) is 0 Å². The SMILES string of the molecule is Cn1cnc(Nc2cc(-c3cc(-c4ccccc4C(F)(F)F)[nH]c(=O)c3)ccn2)c1. The Labute approximate surface area is 169 Å². The van der Waals surface area contributed by atoms with Crippen LogP contribution in [0.3, 0.4) is 0 Å². The van der Waals surface area contributed by atoms with Crippen molar-refractivity contribution in [1.82, 2.24) is 19.5 Å². The topological polar surface area (TPSA) is 75.6 Å². The predicted octanol–water partition coefficient (Wildman–Crippen LogP) is 4.60. The third-order valence-corrected chi connectivity index (χ3v) is 4.42. The molecule has 0 bridgehead atoms. The van der Waals surface area contributed by atoms with Gasteiger partial charge in [-0.15, -0.1) is 0 Å². The Balaban J connectivity index is 1.75. The summed E-state index contributed by atoms with van der Waals surface area (Å²) in [6.07, 6.45) is 0.409. The molecule has 4 aromatic rings. The maximum atomic E-state index is 13.4. The number of H-pyrrole nitrogens is 1. The van der Waals surface area contributed by atoms with Gasteiger partial charge in [0, 0.05) is 36.8 Å². The van der Waals surface area contributed by atoms with E-state index in [0.717, 1.165) is 6.07 Å². The highest BCUT2D eigenvalue weighted by Gasteiger charge is 2.33. The molecular formula is C21H16F3N5O. The second kappa shape index (κ2) is 7.51. The number of imidazole rings is 1. The van der Waals surface area contributed by atoms with Crippen molar-refractivity contribution in [2.75, 3.05) is 5.32 Å². The largest absolute Gasteiger partial charge is 0.417 e. The highest BCUT2D eigenvalue weighted by atomic mass is 19.4. The number of hydrogen-bond acceptors (Lipinski definition) is 4. The summed E-state index contributed by atoms with van der Waals surface area (Å²) in [5.41, 5.74) is -0.232. The van der Waals surface area contributed by atoms with Gasteiger partial charge in [-0.3, -0.25) is 4.79 Å². The Morgan fingerprint density at radius 1 is 1.00 bits per heavy atom. The molecule has 0 unspecified atom stereocenters. The van der Waals surface area contributed by atoms with Crippen LogP contribution < -0.4 is 10.9 Å². The standard InChI is InChI=1S/C21H16F3N5O/c1-29-11-19(26-12-29)28-18-9-13(6-7-25-18)14-8-17(27-20(30)10-14)15-4-2-3-5-16(15)21(22,23)24/h2-12H,1H3,(H,25,28)(H,27,30). The van der Waals surface area contributed by atoms with Gasteiger partial charge in [0.2, 0.25) is 5.56 Å². The predicted molar refractivity (Wildman–Crippen MR) is 107 cm³/mol. The highest BCUT2D eigenvalue weighted by molar-refractivity contribution is 5.73. The van der Waals surface area contributed by atoms with Crippen molar-refractivity contribution in [1.29, 1.82) is 0 Å². The third-order valence-electron chi connectivity index (χ3n) is 4.42. The van der Waals surface area contributed by atoms with E-state index < -0.39 is 17.3 Å². The van der Waals surface area contributed by atoms with Crippen molar-refractivity contribution >= 4 is 11.6 Å². The lowest BCUT2D eigenvalue weighted by Crippen LogP contribution is -2.10. The molecule has 6 nitrogen and oxygen atoms in total. The van der Waals surface area contributed by atoms with Gasteiger partial charge >= 0.3 is 6.18 Å². The zero-order valence-electron chi connectivity index (χ0n) is 15.7. The Morgan fingerprint density at radius 2 is 1.80 bits per heavy atom. The first-order valence-electron chi connectivity index (χ1n) is 8.92. The maximum Gasteiger partial charge on any atom is 0.417 e. The number of anilines is 2. The van der Waals surface area contributed by atoms with Gasteiger partial charge in [-0.1, -0.05) is 18.2 Å². The average Bonchev–Trinajstić information content (AvgIpc) is 3.11. The van der Waals surface area contributed by atoms with Crippen LogP contribution in [0.25, 0.3) is 22.4 Å². The Hall–Kier alpha value is -3.88. The third kappa shape index (κ3) is 4.09. The first-order valence-corrected chi connectivity index (χ1v) is 8.92. The molecule has 0 aliphatic rings. The van der Waals surface area contributed by atoms with Gasteiger partial charge in [-0.05, 0) is 35.4 Å². The second-order valence-electron chi connectivity index (χ2n) is 6.67. The van der Waals surface area contributed by atoms with E-state index in [1.807, 2.05) is 7.05 Å². The lowest BCUT2D eigenvalue weighted by atomic mass is 10.0. The van der Waals surface area contributed by atoms with Gasteiger partial charge in [0.15, 0.2) is 0 Å². The van der Waals surface area contributed by atoms with Crippen molar-refractivity contribution in [3.8, 4) is 22.4 Å². The fourth-order valence-corrected chi connectivity index (χ4v) is 3.11. The molecule has 0 atom stereocenters. The van der Waals surface area contributed by atoms with E-state index in [9.17, 15) is 18.0 Å². The van der Waals surface area contributed by atoms with Crippen LogP contribution in [-0.4, -0.2) is 19.5 Å². The summed E-state index contributed by atoms with van der Waals surface area (Å²) < 4.78 is 42.0. The Morgan fingerprint density at radius 3 is 2.53 bits per heavy atom. The normalized spacial score (nSPS) is 11.5. The number of aryl methyl sites for hydroxylation is 1. The van der Waals surface area contributed by atoms with E-state index >= 15 is 0 Å². The van der Waals surface area contributed by atoms with Crippen molar-refractivity contribution in [2.45, 2.75) is 6.18 Å². The smallest absolute Gasteiger partial charge is 0.338 e. The summed E-state index contributed by atoms with van der Waals surface area (Å²) in [7, 11) is 1.83. The maximum absolute atomic E-state index is 13.4. The number of nitrogens with one attached hydrogen (secondary N) is 2. The molecule has 0 aliphatic heterocycles. The monoisotopic (exact) mass is 411 g/mol. The second-order valence-corrected chi connectivity index (χ2v) is 6.67. The van der Waals surface area contributed by atoms with Gasteiger partial charge in [-0.25, -0.2) is 9.97 Å². The molecule has 2 N–H and O–H groups in total. The quantitative estimate of drug-likeness (QED) is 0.515. The minimum atomic E-state index is -4.54.